The summed E-state index contributed by atoms with van der Waals surface area (Å²) in [4.78, 5) is 17.2. The Bertz CT molecular complexity index is 737. The van der Waals surface area contributed by atoms with Gasteiger partial charge in [0.05, 0.1) is 6.10 Å². The van der Waals surface area contributed by atoms with E-state index in [1.54, 1.807) is 6.20 Å². The van der Waals surface area contributed by atoms with Crippen LogP contribution in [0.25, 0.3) is 0 Å². The van der Waals surface area contributed by atoms with Crippen LogP contribution < -0.4 is 5.32 Å². The lowest BCUT2D eigenvalue weighted by atomic mass is 9.76. The van der Waals surface area contributed by atoms with E-state index >= 15 is 0 Å². The predicted molar refractivity (Wildman–Crippen MR) is 93.2 cm³/mol. The Hall–Kier alpha value is -2.21. The van der Waals surface area contributed by atoms with Gasteiger partial charge in [0.2, 0.25) is 0 Å². The van der Waals surface area contributed by atoms with E-state index in [9.17, 15) is 9.90 Å². The Morgan fingerprint density at radius 3 is 2.92 bits per heavy atom. The number of hydrogen-bond donors (Lipinski definition) is 3. The van der Waals surface area contributed by atoms with E-state index in [2.05, 4.69) is 20.5 Å². The molecule has 2 aliphatic carbocycles. The Morgan fingerprint density at radius 2 is 2.16 bits per heavy atom. The van der Waals surface area contributed by atoms with Crippen molar-refractivity contribution in [2.24, 2.45) is 5.92 Å². The molecule has 0 unspecified atom stereocenters. The van der Waals surface area contributed by atoms with E-state index < -0.39 is 0 Å². The molecule has 6 heteroatoms. The van der Waals surface area contributed by atoms with Crippen molar-refractivity contribution < 1.29 is 9.90 Å². The van der Waals surface area contributed by atoms with E-state index in [0.29, 0.717) is 12.1 Å². The topological polar surface area (TPSA) is 90.9 Å². The number of hydrogen-bond acceptors (Lipinski definition) is 4. The molecular weight excluding hydrogens is 316 g/mol. The average molecular weight is 340 g/mol. The third-order valence-electron chi connectivity index (χ3n) is 5.46. The highest BCUT2D eigenvalue weighted by atomic mass is 16.3. The molecule has 1 amide bonds. The van der Waals surface area contributed by atoms with Crippen LogP contribution in [0.5, 0.6) is 0 Å². The normalized spacial score (nSPS) is 23.4. The van der Waals surface area contributed by atoms with Crippen molar-refractivity contribution in [3.8, 4) is 0 Å². The molecule has 3 N–H and O–H groups in total. The first-order chi connectivity index (χ1) is 12.2. The summed E-state index contributed by atoms with van der Waals surface area (Å²) < 4.78 is 0. The molecule has 0 spiro atoms. The molecule has 25 heavy (non-hydrogen) atoms. The highest BCUT2D eigenvalue weighted by molar-refractivity contribution is 5.94. The number of rotatable bonds is 5. The minimum Gasteiger partial charge on any atom is -0.393 e. The fraction of sp³-hybridized carbons (Fsp3) is 0.526. The molecule has 2 heterocycles. The number of aliphatic hydroxyl groups excluding tert-OH is 1. The third kappa shape index (κ3) is 3.44. The van der Waals surface area contributed by atoms with Crippen LogP contribution in [-0.2, 0) is 19.3 Å². The van der Waals surface area contributed by atoms with Crippen LogP contribution in [0, 0.1) is 5.92 Å². The van der Waals surface area contributed by atoms with Crippen molar-refractivity contribution in [1.82, 2.24) is 20.5 Å². The van der Waals surface area contributed by atoms with Crippen molar-refractivity contribution in [2.75, 3.05) is 0 Å². The summed E-state index contributed by atoms with van der Waals surface area (Å²) in [5.74, 6) is 0.178. The second-order valence-corrected chi connectivity index (χ2v) is 7.23. The summed E-state index contributed by atoms with van der Waals surface area (Å²) in [5, 5.41) is 20.1. The van der Waals surface area contributed by atoms with Gasteiger partial charge in [0.1, 0.15) is 0 Å². The number of aromatic amines is 1. The molecule has 0 bridgehead atoms. The summed E-state index contributed by atoms with van der Waals surface area (Å²) in [6.45, 7) is 0. The molecule has 0 saturated heterocycles. The van der Waals surface area contributed by atoms with Crippen LogP contribution in [0.3, 0.4) is 0 Å². The summed E-state index contributed by atoms with van der Waals surface area (Å²) in [7, 11) is 0. The lowest BCUT2D eigenvalue weighted by Gasteiger charge is -2.38. The van der Waals surface area contributed by atoms with Crippen LogP contribution in [0.2, 0.25) is 0 Å². The number of aliphatic hydroxyl groups is 1. The van der Waals surface area contributed by atoms with Gasteiger partial charge in [-0.15, -0.1) is 0 Å². The van der Waals surface area contributed by atoms with E-state index in [1.807, 2.05) is 18.2 Å². The SMILES string of the molecule is O=C(N[C@@H](Cc1ccccn1)C1CC(O)C1)c1n[nH]c2c1CCCC2. The number of nitrogens with zero attached hydrogens (tertiary/aromatic N) is 2. The Kier molecular flexibility index (Phi) is 4.53. The van der Waals surface area contributed by atoms with Crippen molar-refractivity contribution in [2.45, 2.75) is 57.1 Å². The molecule has 0 radical (unpaired) electrons. The van der Waals surface area contributed by atoms with Crippen molar-refractivity contribution >= 4 is 5.91 Å². The van der Waals surface area contributed by atoms with Gasteiger partial charge >= 0.3 is 0 Å². The molecule has 0 aliphatic heterocycles. The first kappa shape index (κ1) is 16.3. The molecule has 132 valence electrons. The number of carbonyl (C=O) groups excluding carboxylic acids is 1. The van der Waals surface area contributed by atoms with Crippen LogP contribution in [0.4, 0.5) is 0 Å². The fourth-order valence-corrected chi connectivity index (χ4v) is 3.94. The minimum absolute atomic E-state index is 0.0262. The monoisotopic (exact) mass is 340 g/mol. The molecule has 1 saturated carbocycles. The molecule has 2 aromatic heterocycles. The van der Waals surface area contributed by atoms with Gasteiger partial charge in [-0.25, -0.2) is 0 Å². The minimum atomic E-state index is -0.244. The van der Waals surface area contributed by atoms with Gasteiger partial charge in [-0.1, -0.05) is 6.07 Å². The van der Waals surface area contributed by atoms with Gasteiger partial charge in [-0.3, -0.25) is 14.9 Å². The number of nitrogens with one attached hydrogen (secondary N) is 2. The zero-order valence-corrected chi connectivity index (χ0v) is 14.2. The van der Waals surface area contributed by atoms with Crippen molar-refractivity contribution in [3.63, 3.8) is 0 Å². The predicted octanol–water partition coefficient (Wildman–Crippen LogP) is 1.80. The second-order valence-electron chi connectivity index (χ2n) is 7.23. The number of amides is 1. The molecule has 2 aliphatic rings. The summed E-state index contributed by atoms with van der Waals surface area (Å²) in [5.41, 5.74) is 3.68. The highest BCUT2D eigenvalue weighted by Crippen LogP contribution is 2.32. The van der Waals surface area contributed by atoms with E-state index in [4.69, 9.17) is 0 Å². The highest BCUT2D eigenvalue weighted by Gasteiger charge is 2.36. The lowest BCUT2D eigenvalue weighted by Crippen LogP contribution is -2.48. The van der Waals surface area contributed by atoms with Gasteiger partial charge in [0, 0.05) is 35.6 Å². The first-order valence-corrected chi connectivity index (χ1v) is 9.15. The summed E-state index contributed by atoms with van der Waals surface area (Å²) >= 11 is 0. The molecule has 4 rings (SSSR count). The average Bonchev–Trinajstić information content (AvgIpc) is 3.03. The van der Waals surface area contributed by atoms with E-state index in [-0.39, 0.29) is 24.0 Å². The van der Waals surface area contributed by atoms with Gasteiger partial charge in [0.25, 0.3) is 5.91 Å². The maximum Gasteiger partial charge on any atom is 0.272 e. The quantitative estimate of drug-likeness (QED) is 0.774. The van der Waals surface area contributed by atoms with Gasteiger partial charge < -0.3 is 10.4 Å². The van der Waals surface area contributed by atoms with Gasteiger partial charge in [-0.2, -0.15) is 5.10 Å². The number of aromatic nitrogens is 3. The van der Waals surface area contributed by atoms with E-state index in [1.165, 1.54) is 0 Å². The number of pyridine rings is 1. The third-order valence-corrected chi connectivity index (χ3v) is 5.46. The van der Waals surface area contributed by atoms with Crippen LogP contribution in [0.15, 0.2) is 24.4 Å². The zero-order valence-electron chi connectivity index (χ0n) is 14.2. The number of fused-ring (bicyclic) bond motifs is 1. The van der Waals surface area contributed by atoms with Crippen LogP contribution in [0.1, 0.15) is 53.1 Å². The van der Waals surface area contributed by atoms with Crippen molar-refractivity contribution in [1.29, 1.82) is 0 Å². The van der Waals surface area contributed by atoms with Crippen LogP contribution >= 0.6 is 0 Å². The van der Waals surface area contributed by atoms with E-state index in [0.717, 1.165) is 55.5 Å². The molecule has 1 atom stereocenters. The smallest absolute Gasteiger partial charge is 0.272 e. The summed E-state index contributed by atoms with van der Waals surface area (Å²) in [6, 6.07) is 5.80. The maximum absolute atomic E-state index is 12.8. The second kappa shape index (κ2) is 6.96. The van der Waals surface area contributed by atoms with Gasteiger partial charge in [0.15, 0.2) is 5.69 Å². The Labute approximate surface area is 147 Å². The number of H-pyrrole nitrogens is 1. The molecule has 2 aromatic rings. The summed E-state index contributed by atoms with van der Waals surface area (Å²) in [6.07, 6.45) is 7.82. The molecule has 1 fully saturated rings. The molecule has 0 aromatic carbocycles. The largest absolute Gasteiger partial charge is 0.393 e. The van der Waals surface area contributed by atoms with Gasteiger partial charge in [-0.05, 0) is 56.6 Å². The molecular formula is C19H24N4O2. The maximum atomic E-state index is 12.8. The first-order valence-electron chi connectivity index (χ1n) is 9.15. The fourth-order valence-electron chi connectivity index (χ4n) is 3.94. The number of carbonyl (C=O) groups is 1. The van der Waals surface area contributed by atoms with Crippen molar-refractivity contribution in [3.05, 3.63) is 47.0 Å². The molecule has 6 nitrogen and oxygen atoms in total. The lowest BCUT2D eigenvalue weighted by molar-refractivity contribution is 0.0237. The standard InChI is InChI=1S/C19H24N4O2/c24-14-9-12(10-14)17(11-13-5-3-4-8-20-13)21-19(25)18-15-6-1-2-7-16(15)22-23-18/h3-5,8,12,14,17,24H,1-2,6-7,9-11H2,(H,21,25)(H,22,23)/t12?,14?,17-/m0/s1. The zero-order chi connectivity index (χ0) is 17.2. The van der Waals surface area contributed by atoms with Crippen LogP contribution in [-0.4, -0.2) is 38.3 Å². The Morgan fingerprint density at radius 1 is 1.32 bits per heavy atom. The number of aryl methyl sites for hydroxylation is 1. The Balaban J connectivity index is 1.50.